The SMILES string of the molecule is CCNC(c1ccccc1OCC)C1CCSC1. The Balaban J connectivity index is 2.23. The van der Waals surface area contributed by atoms with Gasteiger partial charge in [0.15, 0.2) is 0 Å². The third kappa shape index (κ3) is 3.21. The van der Waals surface area contributed by atoms with Gasteiger partial charge in [0.1, 0.15) is 5.75 Å². The summed E-state index contributed by atoms with van der Waals surface area (Å²) in [5.74, 6) is 4.33. The molecule has 2 atom stereocenters. The molecule has 1 aromatic rings. The van der Waals surface area contributed by atoms with Crippen LogP contribution in [-0.2, 0) is 0 Å². The van der Waals surface area contributed by atoms with Crippen molar-refractivity contribution in [2.75, 3.05) is 24.7 Å². The van der Waals surface area contributed by atoms with Crippen LogP contribution in [0.15, 0.2) is 24.3 Å². The lowest BCUT2D eigenvalue weighted by Gasteiger charge is -2.26. The Hall–Kier alpha value is -0.670. The van der Waals surface area contributed by atoms with Gasteiger partial charge in [-0.25, -0.2) is 0 Å². The number of ether oxygens (including phenoxy) is 1. The molecule has 1 aromatic carbocycles. The molecule has 0 radical (unpaired) electrons. The second-order valence-electron chi connectivity index (χ2n) is 4.63. The minimum atomic E-state index is 0.438. The van der Waals surface area contributed by atoms with Crippen molar-refractivity contribution in [2.24, 2.45) is 5.92 Å². The fourth-order valence-corrected chi connectivity index (χ4v) is 3.89. The lowest BCUT2D eigenvalue weighted by Crippen LogP contribution is -2.28. The molecule has 2 nitrogen and oxygen atoms in total. The monoisotopic (exact) mass is 265 g/mol. The zero-order chi connectivity index (χ0) is 12.8. The van der Waals surface area contributed by atoms with E-state index in [-0.39, 0.29) is 0 Å². The van der Waals surface area contributed by atoms with Crippen molar-refractivity contribution in [3.63, 3.8) is 0 Å². The summed E-state index contributed by atoms with van der Waals surface area (Å²) >= 11 is 2.07. The van der Waals surface area contributed by atoms with Crippen molar-refractivity contribution in [3.05, 3.63) is 29.8 Å². The van der Waals surface area contributed by atoms with Crippen LogP contribution in [0.3, 0.4) is 0 Å². The highest BCUT2D eigenvalue weighted by Gasteiger charge is 2.27. The highest BCUT2D eigenvalue weighted by atomic mass is 32.2. The number of hydrogen-bond acceptors (Lipinski definition) is 3. The molecular weight excluding hydrogens is 242 g/mol. The molecule has 1 N–H and O–H groups in total. The van der Waals surface area contributed by atoms with E-state index in [1.165, 1.54) is 23.5 Å². The number of hydrogen-bond donors (Lipinski definition) is 1. The molecule has 100 valence electrons. The van der Waals surface area contributed by atoms with Crippen molar-refractivity contribution in [1.29, 1.82) is 0 Å². The Morgan fingerprint density at radius 3 is 2.89 bits per heavy atom. The average Bonchev–Trinajstić information content (AvgIpc) is 2.91. The molecule has 0 aliphatic carbocycles. The van der Waals surface area contributed by atoms with Gasteiger partial charge in [-0.3, -0.25) is 0 Å². The minimum absolute atomic E-state index is 0.438. The van der Waals surface area contributed by atoms with Crippen LogP contribution < -0.4 is 10.1 Å². The molecule has 18 heavy (non-hydrogen) atoms. The van der Waals surface area contributed by atoms with Crippen molar-refractivity contribution < 1.29 is 4.74 Å². The van der Waals surface area contributed by atoms with Crippen molar-refractivity contribution >= 4 is 11.8 Å². The second-order valence-corrected chi connectivity index (χ2v) is 5.78. The summed E-state index contributed by atoms with van der Waals surface area (Å²) in [5.41, 5.74) is 1.33. The molecule has 0 amide bonds. The molecule has 2 rings (SSSR count). The van der Waals surface area contributed by atoms with Crippen LogP contribution in [0, 0.1) is 5.92 Å². The summed E-state index contributed by atoms with van der Waals surface area (Å²) in [4.78, 5) is 0. The van der Waals surface area contributed by atoms with E-state index in [9.17, 15) is 0 Å². The Morgan fingerprint density at radius 2 is 2.22 bits per heavy atom. The lowest BCUT2D eigenvalue weighted by atomic mass is 9.92. The van der Waals surface area contributed by atoms with Gasteiger partial charge in [-0.2, -0.15) is 11.8 Å². The summed E-state index contributed by atoms with van der Waals surface area (Å²) in [6, 6.07) is 8.91. The number of benzene rings is 1. The fourth-order valence-electron chi connectivity index (χ4n) is 2.59. The Bertz CT molecular complexity index is 363. The fraction of sp³-hybridized carbons (Fsp3) is 0.600. The van der Waals surface area contributed by atoms with Crippen LogP contribution in [0.4, 0.5) is 0 Å². The van der Waals surface area contributed by atoms with E-state index >= 15 is 0 Å². The van der Waals surface area contributed by atoms with Crippen LogP contribution >= 0.6 is 11.8 Å². The molecular formula is C15H23NOS. The summed E-state index contributed by atoms with van der Waals surface area (Å²) in [6.07, 6.45) is 1.31. The first-order chi connectivity index (χ1) is 8.86. The molecule has 0 saturated carbocycles. The van der Waals surface area contributed by atoms with E-state index in [4.69, 9.17) is 4.74 Å². The highest BCUT2D eigenvalue weighted by molar-refractivity contribution is 7.99. The first kappa shape index (κ1) is 13.8. The Kier molecular flexibility index (Phi) is 5.39. The largest absolute Gasteiger partial charge is 0.494 e. The van der Waals surface area contributed by atoms with Crippen LogP contribution in [0.25, 0.3) is 0 Å². The van der Waals surface area contributed by atoms with Crippen LogP contribution in [0.5, 0.6) is 5.75 Å². The molecule has 1 fully saturated rings. The average molecular weight is 265 g/mol. The van der Waals surface area contributed by atoms with E-state index in [0.29, 0.717) is 6.04 Å². The van der Waals surface area contributed by atoms with Gasteiger partial charge in [-0.05, 0) is 43.4 Å². The molecule has 0 aromatic heterocycles. The van der Waals surface area contributed by atoms with Crippen molar-refractivity contribution in [2.45, 2.75) is 26.3 Å². The zero-order valence-electron chi connectivity index (χ0n) is 11.3. The van der Waals surface area contributed by atoms with E-state index in [0.717, 1.165) is 24.8 Å². The van der Waals surface area contributed by atoms with Gasteiger partial charge < -0.3 is 10.1 Å². The van der Waals surface area contributed by atoms with E-state index in [1.807, 2.05) is 6.92 Å². The van der Waals surface area contributed by atoms with Crippen LogP contribution in [0.1, 0.15) is 31.9 Å². The van der Waals surface area contributed by atoms with Crippen molar-refractivity contribution in [3.8, 4) is 5.75 Å². The first-order valence-corrected chi connectivity index (χ1v) is 8.05. The maximum atomic E-state index is 5.78. The summed E-state index contributed by atoms with van der Waals surface area (Å²) in [5, 5.41) is 3.65. The molecule has 0 spiro atoms. The van der Waals surface area contributed by atoms with Crippen LogP contribution in [0.2, 0.25) is 0 Å². The van der Waals surface area contributed by atoms with Gasteiger partial charge in [0.05, 0.1) is 6.61 Å². The number of para-hydroxylation sites is 1. The molecule has 1 heterocycles. The zero-order valence-corrected chi connectivity index (χ0v) is 12.1. The lowest BCUT2D eigenvalue weighted by molar-refractivity contribution is 0.320. The van der Waals surface area contributed by atoms with Gasteiger partial charge in [0, 0.05) is 11.6 Å². The Labute approximate surface area is 114 Å². The van der Waals surface area contributed by atoms with Gasteiger partial charge in [0.2, 0.25) is 0 Å². The molecule has 1 aliphatic heterocycles. The Morgan fingerprint density at radius 1 is 1.39 bits per heavy atom. The normalized spacial score (nSPS) is 20.9. The summed E-state index contributed by atoms with van der Waals surface area (Å²) in [6.45, 7) is 5.96. The van der Waals surface area contributed by atoms with Gasteiger partial charge in [0.25, 0.3) is 0 Å². The van der Waals surface area contributed by atoms with E-state index < -0.39 is 0 Å². The summed E-state index contributed by atoms with van der Waals surface area (Å²) < 4.78 is 5.78. The highest BCUT2D eigenvalue weighted by Crippen LogP contribution is 2.37. The number of nitrogens with one attached hydrogen (secondary N) is 1. The van der Waals surface area contributed by atoms with E-state index in [1.54, 1.807) is 0 Å². The maximum absolute atomic E-state index is 5.78. The van der Waals surface area contributed by atoms with E-state index in [2.05, 4.69) is 48.3 Å². The second kappa shape index (κ2) is 7.05. The molecule has 3 heteroatoms. The third-order valence-electron chi connectivity index (χ3n) is 3.41. The molecule has 1 saturated heterocycles. The van der Waals surface area contributed by atoms with Crippen molar-refractivity contribution in [1.82, 2.24) is 5.32 Å². The quantitative estimate of drug-likeness (QED) is 0.851. The van der Waals surface area contributed by atoms with Gasteiger partial charge in [-0.1, -0.05) is 25.1 Å². The molecule has 2 unspecified atom stereocenters. The predicted octanol–water partition coefficient (Wildman–Crippen LogP) is 3.49. The topological polar surface area (TPSA) is 21.3 Å². The third-order valence-corrected chi connectivity index (χ3v) is 4.60. The smallest absolute Gasteiger partial charge is 0.124 e. The van der Waals surface area contributed by atoms with Gasteiger partial charge >= 0.3 is 0 Å². The molecule has 1 aliphatic rings. The molecule has 0 bridgehead atoms. The minimum Gasteiger partial charge on any atom is -0.494 e. The maximum Gasteiger partial charge on any atom is 0.124 e. The van der Waals surface area contributed by atoms with Gasteiger partial charge in [-0.15, -0.1) is 0 Å². The first-order valence-electron chi connectivity index (χ1n) is 6.89. The standard InChI is InChI=1S/C15H23NOS/c1-3-16-15(12-9-10-18-11-12)13-7-5-6-8-14(13)17-4-2/h5-8,12,15-16H,3-4,9-11H2,1-2H3. The predicted molar refractivity (Wildman–Crippen MR) is 79.5 cm³/mol. The number of rotatable bonds is 6. The summed E-state index contributed by atoms with van der Waals surface area (Å²) in [7, 11) is 0. The number of thioether (sulfide) groups is 1. The van der Waals surface area contributed by atoms with Crippen LogP contribution in [-0.4, -0.2) is 24.7 Å².